The molecule has 0 amide bonds. The van der Waals surface area contributed by atoms with Crippen molar-refractivity contribution in [2.45, 2.75) is 12.0 Å². The van der Waals surface area contributed by atoms with Crippen LogP contribution in [0.3, 0.4) is 0 Å². The number of ether oxygens (including phenoxy) is 1. The van der Waals surface area contributed by atoms with Crippen LogP contribution < -0.4 is 51.4 Å². The van der Waals surface area contributed by atoms with Crippen LogP contribution >= 0.6 is 0 Å². The van der Waals surface area contributed by atoms with Crippen molar-refractivity contribution in [2.24, 2.45) is 0 Å². The first-order valence-corrected chi connectivity index (χ1v) is 5.09. The fourth-order valence-electron chi connectivity index (χ4n) is 0.766. The van der Waals surface area contributed by atoms with Gasteiger partial charge in [0.05, 0.1) is 6.61 Å². The molecular formula is C7H7KO6S. The summed E-state index contributed by atoms with van der Waals surface area (Å²) in [6.07, 6.45) is 0. The van der Waals surface area contributed by atoms with Crippen LogP contribution in [-0.4, -0.2) is 25.5 Å². The molecule has 0 saturated heterocycles. The monoisotopic (exact) mass is 258 g/mol. The number of carbonyl (C=O) groups excluding carboxylic acids is 1. The van der Waals surface area contributed by atoms with Gasteiger partial charge in [0.25, 0.3) is 0 Å². The van der Waals surface area contributed by atoms with E-state index in [1.54, 1.807) is 6.92 Å². The summed E-state index contributed by atoms with van der Waals surface area (Å²) in [6, 6.07) is 1.98. The van der Waals surface area contributed by atoms with E-state index in [-0.39, 0.29) is 63.8 Å². The van der Waals surface area contributed by atoms with Crippen LogP contribution in [0.2, 0.25) is 0 Å². The summed E-state index contributed by atoms with van der Waals surface area (Å²) in [7, 11) is -4.65. The van der Waals surface area contributed by atoms with E-state index >= 15 is 0 Å². The SMILES string of the molecule is CCOC(=O)c1ccc(S(=O)(=O)[O-])o1.[K+]. The van der Waals surface area contributed by atoms with Crippen molar-refractivity contribution < 1.29 is 78.3 Å². The molecule has 1 heterocycles. The number of hydrogen-bond acceptors (Lipinski definition) is 6. The van der Waals surface area contributed by atoms with E-state index in [1.807, 2.05) is 0 Å². The van der Waals surface area contributed by atoms with E-state index in [9.17, 15) is 17.8 Å². The zero-order chi connectivity index (χ0) is 10.8. The van der Waals surface area contributed by atoms with Gasteiger partial charge in [-0.3, -0.25) is 0 Å². The molecular weight excluding hydrogens is 251 g/mol. The molecule has 0 aliphatic heterocycles. The Kier molecular flexibility index (Phi) is 6.26. The zero-order valence-corrected chi connectivity index (χ0v) is 12.2. The predicted molar refractivity (Wildman–Crippen MR) is 42.6 cm³/mol. The average molecular weight is 258 g/mol. The molecule has 1 rings (SSSR count). The van der Waals surface area contributed by atoms with Crippen LogP contribution in [0.25, 0.3) is 0 Å². The van der Waals surface area contributed by atoms with Gasteiger partial charge in [0.15, 0.2) is 10.1 Å². The van der Waals surface area contributed by atoms with Crippen molar-refractivity contribution in [2.75, 3.05) is 6.61 Å². The molecule has 0 saturated carbocycles. The fraction of sp³-hybridized carbons (Fsp3) is 0.286. The topological polar surface area (TPSA) is 96.6 Å². The molecule has 78 valence electrons. The molecule has 0 aliphatic carbocycles. The first-order valence-electron chi connectivity index (χ1n) is 3.68. The van der Waals surface area contributed by atoms with Crippen LogP contribution in [0.4, 0.5) is 0 Å². The maximum Gasteiger partial charge on any atom is 1.00 e. The zero-order valence-electron chi connectivity index (χ0n) is 8.22. The van der Waals surface area contributed by atoms with Crippen molar-refractivity contribution in [3.8, 4) is 0 Å². The van der Waals surface area contributed by atoms with Crippen LogP contribution in [0.5, 0.6) is 0 Å². The molecule has 0 aliphatic rings. The van der Waals surface area contributed by atoms with Crippen molar-refractivity contribution in [1.29, 1.82) is 0 Å². The summed E-state index contributed by atoms with van der Waals surface area (Å²) in [5.41, 5.74) is 0. The van der Waals surface area contributed by atoms with E-state index in [0.717, 1.165) is 12.1 Å². The number of hydrogen-bond donors (Lipinski definition) is 0. The van der Waals surface area contributed by atoms with Crippen molar-refractivity contribution >= 4 is 16.1 Å². The molecule has 8 heteroatoms. The van der Waals surface area contributed by atoms with Crippen LogP contribution in [-0.2, 0) is 14.9 Å². The maximum atomic E-state index is 11.0. The normalized spacial score (nSPS) is 10.5. The Labute approximate surface area is 129 Å². The molecule has 6 nitrogen and oxygen atoms in total. The van der Waals surface area contributed by atoms with E-state index in [4.69, 9.17) is 0 Å². The second-order valence-corrected chi connectivity index (χ2v) is 3.60. The molecule has 0 N–H and O–H groups in total. The summed E-state index contributed by atoms with van der Waals surface area (Å²) in [5, 5.41) is -0.791. The molecule has 0 fully saturated rings. The molecule has 1 aromatic rings. The molecule has 0 unspecified atom stereocenters. The Bertz CT molecular complexity index is 434. The van der Waals surface area contributed by atoms with Crippen LogP contribution in [0.1, 0.15) is 17.5 Å². The number of carbonyl (C=O) groups is 1. The number of esters is 1. The summed E-state index contributed by atoms with van der Waals surface area (Å²) >= 11 is 0. The smallest absolute Gasteiger partial charge is 0.742 e. The maximum absolute atomic E-state index is 11.0. The van der Waals surface area contributed by atoms with Gasteiger partial charge < -0.3 is 13.7 Å². The Morgan fingerprint density at radius 1 is 1.53 bits per heavy atom. The summed E-state index contributed by atoms with van der Waals surface area (Å²) in [5.74, 6) is -1.11. The van der Waals surface area contributed by atoms with Gasteiger partial charge in [-0.25, -0.2) is 13.2 Å². The molecule has 0 spiro atoms. The number of furan rings is 1. The largest absolute Gasteiger partial charge is 1.00 e. The van der Waals surface area contributed by atoms with Gasteiger partial charge in [0, 0.05) is 0 Å². The third kappa shape index (κ3) is 4.35. The van der Waals surface area contributed by atoms with Crippen LogP contribution in [0, 0.1) is 0 Å². The fourth-order valence-corrected chi connectivity index (χ4v) is 1.19. The Morgan fingerprint density at radius 3 is 2.53 bits per heavy atom. The minimum Gasteiger partial charge on any atom is -0.742 e. The Balaban J connectivity index is 0.00000196. The van der Waals surface area contributed by atoms with Gasteiger partial charge in [-0.2, -0.15) is 0 Å². The van der Waals surface area contributed by atoms with Gasteiger partial charge in [-0.15, -0.1) is 0 Å². The molecule has 0 bridgehead atoms. The van der Waals surface area contributed by atoms with E-state index < -0.39 is 21.2 Å². The Morgan fingerprint density at radius 2 is 2.13 bits per heavy atom. The van der Waals surface area contributed by atoms with Crippen LogP contribution in [0.15, 0.2) is 21.6 Å². The van der Waals surface area contributed by atoms with E-state index in [1.165, 1.54) is 0 Å². The van der Waals surface area contributed by atoms with Crippen molar-refractivity contribution in [3.63, 3.8) is 0 Å². The quantitative estimate of drug-likeness (QED) is 0.334. The number of rotatable bonds is 3. The molecule has 0 atom stereocenters. The van der Waals surface area contributed by atoms with E-state index in [0.29, 0.717) is 0 Å². The molecule has 0 radical (unpaired) electrons. The van der Waals surface area contributed by atoms with Crippen molar-refractivity contribution in [1.82, 2.24) is 0 Å². The van der Waals surface area contributed by atoms with Gasteiger partial charge in [-0.1, -0.05) is 0 Å². The molecule has 1 aromatic heterocycles. The first kappa shape index (κ1) is 15.3. The third-order valence-electron chi connectivity index (χ3n) is 1.30. The van der Waals surface area contributed by atoms with Gasteiger partial charge in [0.1, 0.15) is 0 Å². The predicted octanol–water partition coefficient (Wildman–Crippen LogP) is -2.64. The average Bonchev–Trinajstić information content (AvgIpc) is 2.51. The minimum atomic E-state index is -4.65. The van der Waals surface area contributed by atoms with Gasteiger partial charge >= 0.3 is 57.4 Å². The summed E-state index contributed by atoms with van der Waals surface area (Å²) in [4.78, 5) is 11.0. The molecule has 0 aromatic carbocycles. The first-order chi connectivity index (χ1) is 6.45. The van der Waals surface area contributed by atoms with Gasteiger partial charge in [-0.05, 0) is 19.1 Å². The third-order valence-corrected chi connectivity index (χ3v) is 2.02. The van der Waals surface area contributed by atoms with E-state index in [2.05, 4.69) is 9.15 Å². The second kappa shape index (κ2) is 6.14. The Hall–Kier alpha value is 0.296. The standard InChI is InChI=1S/C7H8O6S.K/c1-2-12-7(8)5-3-4-6(13-5)14(9,10)11;/h3-4H,2H2,1H3,(H,9,10,11);/q;+1/p-1. The summed E-state index contributed by atoms with van der Waals surface area (Å²) < 4.78 is 40.3. The summed E-state index contributed by atoms with van der Waals surface area (Å²) in [6.45, 7) is 1.73. The minimum absolute atomic E-state index is 0. The van der Waals surface area contributed by atoms with Crippen molar-refractivity contribution in [3.05, 3.63) is 17.9 Å². The van der Waals surface area contributed by atoms with Gasteiger partial charge in [0.2, 0.25) is 10.9 Å². The molecule has 15 heavy (non-hydrogen) atoms. The second-order valence-electron chi connectivity index (χ2n) is 2.29.